The van der Waals surface area contributed by atoms with Crippen LogP contribution in [0.2, 0.25) is 0 Å². The standard InChI is InChI=1S/C20H22N6O5.ClH/c21-5-1-8-31-15-4-3-14-9-13(10-17(27)26(14)12-15)18(28)24-11-16(19(29)30)25-20-22-6-2-7-23-20;/h2-4,6-7,9-10,12,16H,1,5,8,11,21H2,(H,24,28)(H,29,30)(H,22,23,25);1H/t16-;/m0./s1. The minimum Gasteiger partial charge on any atom is -1.00 e. The normalized spacial score (nSPS) is 11.3. The molecule has 0 spiro atoms. The van der Waals surface area contributed by atoms with Crippen LogP contribution in [0.4, 0.5) is 5.95 Å². The van der Waals surface area contributed by atoms with Crippen molar-refractivity contribution in [1.82, 2.24) is 19.7 Å². The fourth-order valence-electron chi connectivity index (χ4n) is 2.74. The molecular formula is C20H23ClN6O5. The summed E-state index contributed by atoms with van der Waals surface area (Å²) in [6, 6.07) is 6.56. The maximum absolute atomic E-state index is 12.5. The first-order chi connectivity index (χ1) is 15.0. The van der Waals surface area contributed by atoms with Gasteiger partial charge in [-0.3, -0.25) is 14.0 Å². The number of aromatic nitrogens is 3. The van der Waals surface area contributed by atoms with Gasteiger partial charge in [-0.25, -0.2) is 14.8 Å². The van der Waals surface area contributed by atoms with Crippen LogP contribution >= 0.6 is 0 Å². The maximum Gasteiger partial charge on any atom is 0.328 e. The Morgan fingerprint density at radius 3 is 2.66 bits per heavy atom. The van der Waals surface area contributed by atoms with Gasteiger partial charge in [0.25, 0.3) is 11.5 Å². The second-order valence-corrected chi connectivity index (χ2v) is 6.62. The number of pyridine rings is 2. The summed E-state index contributed by atoms with van der Waals surface area (Å²) in [4.78, 5) is 44.3. The molecule has 0 saturated heterocycles. The molecule has 32 heavy (non-hydrogen) atoms. The molecule has 0 aromatic carbocycles. The molecule has 0 aliphatic carbocycles. The van der Waals surface area contributed by atoms with E-state index >= 15 is 0 Å². The van der Waals surface area contributed by atoms with Gasteiger partial charge in [-0.15, -0.1) is 0 Å². The van der Waals surface area contributed by atoms with Crippen molar-refractivity contribution in [2.45, 2.75) is 12.5 Å². The number of nitrogens with zero attached hydrogens (tertiary/aromatic N) is 3. The Morgan fingerprint density at radius 1 is 1.22 bits per heavy atom. The van der Waals surface area contributed by atoms with Crippen LogP contribution in [0, 0.1) is 0 Å². The van der Waals surface area contributed by atoms with Gasteiger partial charge in [0, 0.05) is 42.5 Å². The number of halogens is 1. The van der Waals surface area contributed by atoms with Crippen molar-refractivity contribution in [2.75, 3.05) is 25.0 Å². The van der Waals surface area contributed by atoms with Gasteiger partial charge in [0.2, 0.25) is 5.95 Å². The van der Waals surface area contributed by atoms with Crippen LogP contribution in [0.3, 0.4) is 0 Å². The number of aliphatic carboxylic acids is 1. The van der Waals surface area contributed by atoms with Crippen LogP contribution in [-0.2, 0) is 4.79 Å². The van der Waals surface area contributed by atoms with Crippen molar-refractivity contribution < 1.29 is 37.6 Å². The van der Waals surface area contributed by atoms with Crippen molar-refractivity contribution in [1.29, 1.82) is 0 Å². The fourth-order valence-corrected chi connectivity index (χ4v) is 2.74. The van der Waals surface area contributed by atoms with Crippen molar-refractivity contribution in [3.63, 3.8) is 0 Å². The van der Waals surface area contributed by atoms with Crippen molar-refractivity contribution in [3.05, 3.63) is 64.8 Å². The van der Waals surface area contributed by atoms with Crippen LogP contribution in [0.15, 0.2) is 53.7 Å². The topological polar surface area (TPSA) is 163 Å². The van der Waals surface area contributed by atoms with Gasteiger partial charge in [-0.1, -0.05) is 0 Å². The molecule has 3 heterocycles. The van der Waals surface area contributed by atoms with Crippen molar-refractivity contribution in [3.8, 4) is 5.75 Å². The molecule has 0 radical (unpaired) electrons. The smallest absolute Gasteiger partial charge is 0.328 e. The number of carbonyl (C=O) groups excluding carboxylic acids is 1. The van der Waals surface area contributed by atoms with E-state index in [9.17, 15) is 19.5 Å². The zero-order valence-electron chi connectivity index (χ0n) is 17.0. The molecule has 3 aromatic heterocycles. The molecule has 3 aromatic rings. The van der Waals surface area contributed by atoms with Gasteiger partial charge < -0.3 is 38.6 Å². The van der Waals surface area contributed by atoms with Gasteiger partial charge in [-0.05, 0) is 24.3 Å². The molecule has 0 fully saturated rings. The predicted octanol–water partition coefficient (Wildman–Crippen LogP) is -3.60. The third-order valence-corrected chi connectivity index (χ3v) is 4.33. The summed E-state index contributed by atoms with van der Waals surface area (Å²) < 4.78 is 6.95. The number of hydrogen-bond acceptors (Lipinski definition) is 7. The lowest BCUT2D eigenvalue weighted by Crippen LogP contribution is -3.00. The number of fused-ring (bicyclic) bond motifs is 1. The Kier molecular flexibility index (Phi) is 8.93. The second-order valence-electron chi connectivity index (χ2n) is 6.62. The maximum atomic E-state index is 12.5. The number of amides is 1. The van der Waals surface area contributed by atoms with Crippen molar-refractivity contribution >= 4 is 23.3 Å². The van der Waals surface area contributed by atoms with Gasteiger partial charge in [0.1, 0.15) is 11.8 Å². The summed E-state index contributed by atoms with van der Waals surface area (Å²) >= 11 is 0. The quantitative estimate of drug-likeness (QED) is 0.224. The zero-order valence-corrected chi connectivity index (χ0v) is 17.8. The van der Waals surface area contributed by atoms with Crippen LogP contribution in [0.5, 0.6) is 5.75 Å². The Labute approximate surface area is 189 Å². The summed E-state index contributed by atoms with van der Waals surface area (Å²) in [5, 5.41) is 14.5. The number of carboxylic acid groups (broad SMARTS) is 1. The van der Waals surface area contributed by atoms with E-state index in [1.807, 2.05) is 0 Å². The molecule has 6 N–H and O–H groups in total. The lowest BCUT2D eigenvalue weighted by molar-refractivity contribution is -0.368. The van der Waals surface area contributed by atoms with E-state index in [4.69, 9.17) is 4.74 Å². The molecule has 0 unspecified atom stereocenters. The largest absolute Gasteiger partial charge is 1.00 e. The molecule has 0 saturated carbocycles. The summed E-state index contributed by atoms with van der Waals surface area (Å²) in [5.41, 5.74) is 3.97. The predicted molar refractivity (Wildman–Crippen MR) is 111 cm³/mol. The number of quaternary nitrogens is 1. The minimum atomic E-state index is -1.18. The fraction of sp³-hybridized carbons (Fsp3) is 0.250. The van der Waals surface area contributed by atoms with E-state index in [2.05, 4.69) is 26.3 Å². The van der Waals surface area contributed by atoms with E-state index in [1.54, 1.807) is 30.5 Å². The second kappa shape index (κ2) is 11.6. The molecule has 12 heteroatoms. The lowest BCUT2D eigenvalue weighted by atomic mass is 10.2. The summed E-state index contributed by atoms with van der Waals surface area (Å²) in [6.45, 7) is 1.02. The highest BCUT2D eigenvalue weighted by molar-refractivity contribution is 5.95. The number of ether oxygens (including phenoxy) is 1. The Bertz CT molecular complexity index is 1120. The average Bonchev–Trinajstić information content (AvgIpc) is 2.77. The van der Waals surface area contributed by atoms with E-state index in [0.29, 0.717) is 17.9 Å². The zero-order chi connectivity index (χ0) is 22.2. The Balaban J connectivity index is 0.00000363. The monoisotopic (exact) mass is 462 g/mol. The van der Waals surface area contributed by atoms with Crippen LogP contribution < -0.4 is 39.1 Å². The molecule has 3 rings (SSSR count). The summed E-state index contributed by atoms with van der Waals surface area (Å²) in [6.07, 6.45) is 5.29. The van der Waals surface area contributed by atoms with Gasteiger partial charge >= 0.3 is 5.97 Å². The first-order valence-corrected chi connectivity index (χ1v) is 9.61. The van der Waals surface area contributed by atoms with E-state index in [0.717, 1.165) is 13.0 Å². The molecule has 1 amide bonds. The van der Waals surface area contributed by atoms with E-state index < -0.39 is 23.5 Å². The van der Waals surface area contributed by atoms with Gasteiger partial charge in [0.15, 0.2) is 0 Å². The third kappa shape index (κ3) is 6.40. The molecule has 0 bridgehead atoms. The highest BCUT2D eigenvalue weighted by Crippen LogP contribution is 2.13. The number of nitrogens with one attached hydrogen (secondary N) is 2. The Hall–Kier alpha value is -3.70. The number of carboxylic acids is 1. The molecule has 11 nitrogen and oxygen atoms in total. The molecule has 0 aliphatic rings. The summed E-state index contributed by atoms with van der Waals surface area (Å²) in [7, 11) is 0. The number of hydrogen-bond donors (Lipinski definition) is 4. The first kappa shape index (κ1) is 24.6. The lowest BCUT2D eigenvalue weighted by Gasteiger charge is -2.15. The number of carbonyl (C=O) groups is 2. The van der Waals surface area contributed by atoms with Gasteiger partial charge in [-0.2, -0.15) is 0 Å². The molecule has 0 aliphatic heterocycles. The molecule has 170 valence electrons. The van der Waals surface area contributed by atoms with Gasteiger partial charge in [0.05, 0.1) is 19.3 Å². The number of rotatable bonds is 10. The van der Waals surface area contributed by atoms with Crippen LogP contribution in [0.25, 0.3) is 5.52 Å². The summed E-state index contributed by atoms with van der Waals surface area (Å²) in [5.74, 6) is -1.09. The number of anilines is 1. The first-order valence-electron chi connectivity index (χ1n) is 9.61. The SMILES string of the molecule is [Cl-].[NH3+]CCCOc1ccc2cc(C(=O)NC[C@H](Nc3ncccn3)C(=O)O)cc(=O)n2c1. The average molecular weight is 463 g/mol. The highest BCUT2D eigenvalue weighted by atomic mass is 35.5. The molecular weight excluding hydrogens is 440 g/mol. The van der Waals surface area contributed by atoms with E-state index in [1.165, 1.54) is 22.9 Å². The minimum absolute atomic E-state index is 0. The molecule has 1 atom stereocenters. The highest BCUT2D eigenvalue weighted by Gasteiger charge is 2.20. The third-order valence-electron chi connectivity index (χ3n) is 4.33. The Morgan fingerprint density at radius 2 is 1.97 bits per heavy atom. The van der Waals surface area contributed by atoms with Crippen molar-refractivity contribution in [2.24, 2.45) is 0 Å². The van der Waals surface area contributed by atoms with E-state index in [-0.39, 0.29) is 30.5 Å². The van der Waals surface area contributed by atoms with Crippen LogP contribution in [-0.4, -0.2) is 57.1 Å². The van der Waals surface area contributed by atoms with Crippen LogP contribution in [0.1, 0.15) is 16.8 Å².